The molecule has 2 heteroatoms. The Morgan fingerprint density at radius 1 is 1.27 bits per heavy atom. The molecule has 1 aromatic rings. The number of rotatable bonds is 3. The molecule has 0 spiro atoms. The summed E-state index contributed by atoms with van der Waals surface area (Å²) in [6.45, 7) is 5.55. The number of hydrogen-bond acceptors (Lipinski definition) is 2. The minimum atomic E-state index is -0.356. The van der Waals surface area contributed by atoms with Crippen molar-refractivity contribution < 1.29 is 4.79 Å². The highest BCUT2D eigenvalue weighted by atomic mass is 16.1. The van der Waals surface area contributed by atoms with Crippen LogP contribution >= 0.6 is 0 Å². The van der Waals surface area contributed by atoms with E-state index in [-0.39, 0.29) is 17.2 Å². The Bertz CT molecular complexity index is 417. The first kappa shape index (κ1) is 10.1. The molecule has 1 aromatic carbocycles. The van der Waals surface area contributed by atoms with Gasteiger partial charge in [-0.3, -0.25) is 9.79 Å². The minimum absolute atomic E-state index is 0.0809. The van der Waals surface area contributed by atoms with Gasteiger partial charge in [-0.1, -0.05) is 44.2 Å². The predicted octanol–water partition coefficient (Wildman–Crippen LogP) is 2.47. The van der Waals surface area contributed by atoms with E-state index in [0.717, 1.165) is 11.3 Å². The molecule has 78 valence electrons. The van der Waals surface area contributed by atoms with Gasteiger partial charge in [-0.05, 0) is 12.5 Å². The highest BCUT2D eigenvalue weighted by Gasteiger charge is 2.45. The maximum absolute atomic E-state index is 11.5. The lowest BCUT2D eigenvalue weighted by molar-refractivity contribution is -0.124. The van der Waals surface area contributed by atoms with Crippen molar-refractivity contribution in [2.45, 2.75) is 26.8 Å². The Hall–Kier alpha value is -1.44. The summed E-state index contributed by atoms with van der Waals surface area (Å²) in [5.41, 5.74) is 1.85. The third-order valence-electron chi connectivity index (χ3n) is 3.12. The second-order valence-electron chi connectivity index (χ2n) is 4.56. The summed E-state index contributed by atoms with van der Waals surface area (Å²) >= 11 is 0. The molecule has 15 heavy (non-hydrogen) atoms. The average Bonchev–Trinajstić information content (AvgIpc) is 2.98. The maximum atomic E-state index is 11.5. The molecule has 1 aliphatic heterocycles. The molecule has 0 aliphatic carbocycles. The third kappa shape index (κ3) is 1.72. The van der Waals surface area contributed by atoms with Crippen LogP contribution in [0.2, 0.25) is 0 Å². The fourth-order valence-electron chi connectivity index (χ4n) is 1.64. The van der Waals surface area contributed by atoms with Crippen molar-refractivity contribution in [3.05, 3.63) is 35.9 Å². The molecule has 1 unspecified atom stereocenters. The largest absolute Gasteiger partial charge is 0.299 e. The molecular formula is C13H15NO. The van der Waals surface area contributed by atoms with Crippen molar-refractivity contribution in [3.63, 3.8) is 0 Å². The monoisotopic (exact) mass is 201 g/mol. The lowest BCUT2D eigenvalue weighted by Gasteiger charge is -2.19. The van der Waals surface area contributed by atoms with Crippen LogP contribution in [-0.2, 0) is 4.79 Å². The fourth-order valence-corrected chi connectivity index (χ4v) is 1.64. The summed E-state index contributed by atoms with van der Waals surface area (Å²) < 4.78 is 0. The van der Waals surface area contributed by atoms with E-state index in [2.05, 4.69) is 4.99 Å². The standard InChI is InChI=1S/C13H15NO/c1-9(15)13(2,3)12-11(14-12)10-7-5-4-6-8-10/h4-8,12H,1-3H3. The number of carbonyl (C=O) groups excluding carboxylic acids is 1. The summed E-state index contributed by atoms with van der Waals surface area (Å²) in [5.74, 6) is 0.196. The van der Waals surface area contributed by atoms with E-state index in [1.54, 1.807) is 6.92 Å². The Kier molecular flexibility index (Phi) is 2.22. The minimum Gasteiger partial charge on any atom is -0.299 e. The second-order valence-corrected chi connectivity index (χ2v) is 4.56. The van der Waals surface area contributed by atoms with Gasteiger partial charge < -0.3 is 0 Å². The van der Waals surface area contributed by atoms with Gasteiger partial charge in [0.25, 0.3) is 0 Å². The number of hydrogen-bond donors (Lipinski definition) is 0. The van der Waals surface area contributed by atoms with Crippen molar-refractivity contribution in [2.24, 2.45) is 10.4 Å². The molecule has 0 saturated heterocycles. The van der Waals surface area contributed by atoms with Gasteiger partial charge in [0.15, 0.2) is 0 Å². The van der Waals surface area contributed by atoms with E-state index in [1.165, 1.54) is 0 Å². The maximum Gasteiger partial charge on any atom is 0.137 e. The van der Waals surface area contributed by atoms with Crippen molar-refractivity contribution >= 4 is 11.5 Å². The molecule has 1 atom stereocenters. The number of benzene rings is 1. The van der Waals surface area contributed by atoms with Gasteiger partial charge in [-0.25, -0.2) is 0 Å². The van der Waals surface area contributed by atoms with Crippen LogP contribution in [0.1, 0.15) is 26.3 Å². The number of aliphatic imine (C=N–C) groups is 1. The molecule has 2 rings (SSSR count). The van der Waals surface area contributed by atoms with E-state index < -0.39 is 0 Å². The summed E-state index contributed by atoms with van der Waals surface area (Å²) in [4.78, 5) is 15.9. The van der Waals surface area contributed by atoms with Crippen molar-refractivity contribution in [2.75, 3.05) is 0 Å². The quantitative estimate of drug-likeness (QED) is 0.738. The highest BCUT2D eigenvalue weighted by molar-refractivity contribution is 6.16. The van der Waals surface area contributed by atoms with E-state index >= 15 is 0 Å². The lowest BCUT2D eigenvalue weighted by atomic mass is 9.82. The normalized spacial score (nSPS) is 19.7. The predicted molar refractivity (Wildman–Crippen MR) is 61.2 cm³/mol. The van der Waals surface area contributed by atoms with E-state index in [4.69, 9.17) is 0 Å². The van der Waals surface area contributed by atoms with Crippen LogP contribution in [0.4, 0.5) is 0 Å². The van der Waals surface area contributed by atoms with Gasteiger partial charge in [0.05, 0.1) is 11.1 Å². The van der Waals surface area contributed by atoms with Crippen LogP contribution in [0.5, 0.6) is 0 Å². The topological polar surface area (TPSA) is 29.4 Å². The van der Waals surface area contributed by atoms with Gasteiger partial charge in [0.1, 0.15) is 11.8 Å². The smallest absolute Gasteiger partial charge is 0.137 e. The second kappa shape index (κ2) is 3.30. The summed E-state index contributed by atoms with van der Waals surface area (Å²) in [5, 5.41) is 0. The van der Waals surface area contributed by atoms with Crippen molar-refractivity contribution in [1.82, 2.24) is 0 Å². The van der Waals surface area contributed by atoms with Gasteiger partial charge in [-0.15, -0.1) is 0 Å². The Morgan fingerprint density at radius 3 is 2.40 bits per heavy atom. The number of ketones is 1. The van der Waals surface area contributed by atoms with Gasteiger partial charge in [0.2, 0.25) is 0 Å². The molecule has 2 nitrogen and oxygen atoms in total. The number of nitrogens with zero attached hydrogens (tertiary/aromatic N) is 1. The molecule has 0 bridgehead atoms. The first-order valence-electron chi connectivity index (χ1n) is 5.17. The van der Waals surface area contributed by atoms with E-state index in [1.807, 2.05) is 44.2 Å². The molecule has 0 amide bonds. The molecule has 0 radical (unpaired) electrons. The zero-order valence-electron chi connectivity index (χ0n) is 9.32. The third-order valence-corrected chi connectivity index (χ3v) is 3.12. The molecule has 1 aliphatic rings. The van der Waals surface area contributed by atoms with Crippen LogP contribution < -0.4 is 0 Å². The van der Waals surface area contributed by atoms with Gasteiger partial charge >= 0.3 is 0 Å². The fraction of sp³-hybridized carbons (Fsp3) is 0.385. The number of carbonyl (C=O) groups is 1. The summed E-state index contributed by atoms with van der Waals surface area (Å²) in [6.07, 6.45) is 0. The van der Waals surface area contributed by atoms with E-state index in [9.17, 15) is 4.79 Å². The Morgan fingerprint density at radius 2 is 1.87 bits per heavy atom. The van der Waals surface area contributed by atoms with Crippen LogP contribution in [0.15, 0.2) is 35.3 Å². The Balaban J connectivity index is 2.15. The first-order chi connectivity index (χ1) is 7.03. The lowest BCUT2D eigenvalue weighted by Crippen LogP contribution is -2.31. The van der Waals surface area contributed by atoms with Crippen molar-refractivity contribution in [3.8, 4) is 0 Å². The zero-order chi connectivity index (χ0) is 11.1. The molecule has 0 saturated carbocycles. The van der Waals surface area contributed by atoms with Crippen LogP contribution in [-0.4, -0.2) is 17.5 Å². The van der Waals surface area contributed by atoms with Crippen molar-refractivity contribution in [1.29, 1.82) is 0 Å². The summed E-state index contributed by atoms with van der Waals surface area (Å²) in [6, 6.07) is 10.1. The zero-order valence-corrected chi connectivity index (χ0v) is 9.32. The van der Waals surface area contributed by atoms with Gasteiger partial charge in [-0.2, -0.15) is 0 Å². The average molecular weight is 201 g/mol. The van der Waals surface area contributed by atoms with Crippen LogP contribution in [0.25, 0.3) is 0 Å². The molecular weight excluding hydrogens is 186 g/mol. The molecule has 0 N–H and O–H groups in total. The van der Waals surface area contributed by atoms with E-state index in [0.29, 0.717) is 0 Å². The summed E-state index contributed by atoms with van der Waals surface area (Å²) in [7, 11) is 0. The number of Topliss-reactive ketones (excluding diaryl/α,β-unsaturated/α-hetero) is 1. The van der Waals surface area contributed by atoms with Gasteiger partial charge in [0, 0.05) is 0 Å². The SMILES string of the molecule is CC(=O)C(C)(C)C1N=C1c1ccccc1. The van der Waals surface area contributed by atoms with Crippen LogP contribution in [0, 0.1) is 5.41 Å². The molecule has 0 aromatic heterocycles. The molecule has 0 fully saturated rings. The molecule has 1 heterocycles. The Labute approximate surface area is 90.0 Å². The first-order valence-corrected chi connectivity index (χ1v) is 5.17. The highest BCUT2D eigenvalue weighted by Crippen LogP contribution is 2.36. The van der Waals surface area contributed by atoms with Crippen LogP contribution in [0.3, 0.4) is 0 Å².